The van der Waals surface area contributed by atoms with Crippen molar-refractivity contribution in [2.45, 2.75) is 19.4 Å². The van der Waals surface area contributed by atoms with E-state index in [1.54, 1.807) is 11.0 Å². The number of nitrogens with zero attached hydrogens (tertiary/aromatic N) is 9. The minimum atomic E-state index is -0.162. The lowest BCUT2D eigenvalue weighted by Crippen LogP contribution is -2.40. The molecular formula is C21H21N9O2. The fraction of sp³-hybridized carbons (Fsp3) is 0.286. The molecule has 1 aliphatic rings. The second kappa shape index (κ2) is 8.53. The van der Waals surface area contributed by atoms with E-state index in [0.29, 0.717) is 31.1 Å². The maximum atomic E-state index is 12.9. The minimum absolute atomic E-state index is 0.130. The number of hydrogen-bond donors (Lipinski definition) is 0. The van der Waals surface area contributed by atoms with Crippen LogP contribution in [0, 0.1) is 5.92 Å². The summed E-state index contributed by atoms with van der Waals surface area (Å²) in [5.41, 5.74) is 0.965. The minimum Gasteiger partial charge on any atom is -0.337 e. The van der Waals surface area contributed by atoms with Crippen LogP contribution >= 0.6 is 0 Å². The van der Waals surface area contributed by atoms with Gasteiger partial charge in [-0.2, -0.15) is 15.0 Å². The number of carbonyl (C=O) groups excluding carboxylic acids is 1. The topological polar surface area (TPSA) is 117 Å². The van der Waals surface area contributed by atoms with Gasteiger partial charge in [0.05, 0.1) is 11.9 Å². The van der Waals surface area contributed by atoms with Crippen LogP contribution in [0.1, 0.15) is 23.3 Å². The van der Waals surface area contributed by atoms with E-state index in [0.717, 1.165) is 18.5 Å². The molecule has 3 aromatic heterocycles. The Morgan fingerprint density at radius 2 is 1.81 bits per heavy atom. The van der Waals surface area contributed by atoms with Crippen molar-refractivity contribution >= 4 is 5.91 Å². The van der Waals surface area contributed by atoms with Crippen molar-refractivity contribution in [3.05, 3.63) is 77.4 Å². The van der Waals surface area contributed by atoms with Gasteiger partial charge in [-0.25, -0.2) is 14.3 Å². The predicted molar refractivity (Wildman–Crippen MR) is 113 cm³/mol. The first-order chi connectivity index (χ1) is 15.7. The Morgan fingerprint density at radius 1 is 1.00 bits per heavy atom. The van der Waals surface area contributed by atoms with Gasteiger partial charge in [0.15, 0.2) is 11.5 Å². The summed E-state index contributed by atoms with van der Waals surface area (Å²) in [4.78, 5) is 32.3. The molecule has 0 radical (unpaired) electrons. The predicted octanol–water partition coefficient (Wildman–Crippen LogP) is 0.957. The van der Waals surface area contributed by atoms with Gasteiger partial charge < -0.3 is 4.90 Å². The third-order valence-electron chi connectivity index (χ3n) is 5.54. The highest BCUT2D eigenvalue weighted by atomic mass is 16.2. The molecule has 32 heavy (non-hydrogen) atoms. The summed E-state index contributed by atoms with van der Waals surface area (Å²) in [6.07, 6.45) is 6.01. The molecule has 0 saturated carbocycles. The average molecular weight is 431 g/mol. The van der Waals surface area contributed by atoms with Crippen LogP contribution in [0.3, 0.4) is 0 Å². The summed E-state index contributed by atoms with van der Waals surface area (Å²) in [6, 6.07) is 12.6. The van der Waals surface area contributed by atoms with Gasteiger partial charge in [0.25, 0.3) is 11.5 Å². The van der Waals surface area contributed by atoms with Gasteiger partial charge in [0.2, 0.25) is 0 Å². The van der Waals surface area contributed by atoms with Gasteiger partial charge in [0.1, 0.15) is 12.7 Å². The second-order valence-corrected chi connectivity index (χ2v) is 7.64. The monoisotopic (exact) mass is 431 g/mol. The smallest absolute Gasteiger partial charge is 0.276 e. The van der Waals surface area contributed by atoms with Crippen LogP contribution in [0.4, 0.5) is 0 Å². The number of rotatable bonds is 5. The van der Waals surface area contributed by atoms with Crippen molar-refractivity contribution in [1.82, 2.24) is 44.4 Å². The van der Waals surface area contributed by atoms with E-state index >= 15 is 0 Å². The number of hydrogen-bond acceptors (Lipinski definition) is 7. The first-order valence-corrected chi connectivity index (χ1v) is 10.4. The molecule has 1 amide bonds. The molecule has 11 heteroatoms. The molecule has 0 atom stereocenters. The van der Waals surface area contributed by atoms with E-state index in [9.17, 15) is 9.59 Å². The molecule has 1 saturated heterocycles. The molecule has 0 spiro atoms. The van der Waals surface area contributed by atoms with Crippen LogP contribution in [-0.2, 0) is 6.54 Å². The number of para-hydroxylation sites is 1. The molecule has 4 aromatic rings. The van der Waals surface area contributed by atoms with Gasteiger partial charge in [0, 0.05) is 25.7 Å². The van der Waals surface area contributed by atoms with Crippen LogP contribution in [0.25, 0.3) is 11.5 Å². The SMILES string of the molecule is O=C(c1cnn(-c2ccccc2)n1)N1CCC(Cn2nc(-n3cncn3)ccc2=O)CC1. The molecular weight excluding hydrogens is 410 g/mol. The maximum Gasteiger partial charge on any atom is 0.276 e. The van der Waals surface area contributed by atoms with Gasteiger partial charge in [-0.3, -0.25) is 9.59 Å². The van der Waals surface area contributed by atoms with Gasteiger partial charge in [-0.15, -0.1) is 10.2 Å². The van der Waals surface area contributed by atoms with E-state index in [1.807, 2.05) is 30.3 Å². The van der Waals surface area contributed by atoms with Crippen LogP contribution in [0.15, 0.2) is 66.1 Å². The first-order valence-electron chi connectivity index (χ1n) is 10.4. The average Bonchev–Trinajstić information content (AvgIpc) is 3.54. The molecule has 0 aliphatic carbocycles. The summed E-state index contributed by atoms with van der Waals surface area (Å²) < 4.78 is 2.98. The Labute approximate surface area is 182 Å². The van der Waals surface area contributed by atoms with Crippen molar-refractivity contribution in [2.24, 2.45) is 5.92 Å². The zero-order valence-electron chi connectivity index (χ0n) is 17.2. The summed E-state index contributed by atoms with van der Waals surface area (Å²) in [7, 11) is 0. The van der Waals surface area contributed by atoms with Crippen LogP contribution in [0.5, 0.6) is 0 Å². The quantitative estimate of drug-likeness (QED) is 0.462. The lowest BCUT2D eigenvalue weighted by molar-refractivity contribution is 0.0674. The molecule has 0 bridgehead atoms. The molecule has 1 aromatic carbocycles. The summed E-state index contributed by atoms with van der Waals surface area (Å²) in [6.45, 7) is 1.69. The van der Waals surface area contributed by atoms with Crippen LogP contribution < -0.4 is 5.56 Å². The number of amides is 1. The standard InChI is InChI=1S/C21H21N9O2/c31-20-7-6-19(29-15-22-14-24-29)26-28(20)13-16-8-10-27(11-9-16)21(32)18-12-23-30(25-18)17-4-2-1-3-5-17/h1-7,12,14-16H,8-11,13H2. The van der Waals surface area contributed by atoms with Crippen molar-refractivity contribution in [2.75, 3.05) is 13.1 Å². The highest BCUT2D eigenvalue weighted by molar-refractivity contribution is 5.92. The number of likely N-dealkylation sites (tertiary alicyclic amines) is 1. The molecule has 4 heterocycles. The molecule has 11 nitrogen and oxygen atoms in total. The zero-order valence-corrected chi connectivity index (χ0v) is 17.2. The Morgan fingerprint density at radius 3 is 2.56 bits per heavy atom. The molecule has 0 unspecified atom stereocenters. The van der Waals surface area contributed by atoms with Crippen LogP contribution in [0.2, 0.25) is 0 Å². The van der Waals surface area contributed by atoms with E-state index in [4.69, 9.17) is 0 Å². The summed E-state index contributed by atoms with van der Waals surface area (Å²) in [5.74, 6) is 0.653. The summed E-state index contributed by atoms with van der Waals surface area (Å²) in [5, 5.41) is 17.0. The lowest BCUT2D eigenvalue weighted by atomic mass is 9.96. The zero-order chi connectivity index (χ0) is 21.9. The molecule has 162 valence electrons. The van der Waals surface area contributed by atoms with Crippen molar-refractivity contribution in [3.8, 4) is 11.5 Å². The lowest BCUT2D eigenvalue weighted by Gasteiger charge is -2.31. The molecule has 1 aliphatic heterocycles. The van der Waals surface area contributed by atoms with Gasteiger partial charge in [-0.1, -0.05) is 18.2 Å². The maximum absolute atomic E-state index is 12.9. The molecule has 0 N–H and O–H groups in total. The first kappa shape index (κ1) is 19.8. The second-order valence-electron chi connectivity index (χ2n) is 7.64. The van der Waals surface area contributed by atoms with E-state index in [-0.39, 0.29) is 17.4 Å². The number of piperidine rings is 1. The van der Waals surface area contributed by atoms with E-state index in [1.165, 1.54) is 39.1 Å². The fourth-order valence-corrected chi connectivity index (χ4v) is 3.79. The van der Waals surface area contributed by atoms with Crippen molar-refractivity contribution in [1.29, 1.82) is 0 Å². The Balaban J connectivity index is 1.21. The fourth-order valence-electron chi connectivity index (χ4n) is 3.79. The molecule has 1 fully saturated rings. The Hall–Kier alpha value is -4.15. The normalized spacial score (nSPS) is 14.6. The third kappa shape index (κ3) is 4.04. The van der Waals surface area contributed by atoms with E-state index < -0.39 is 0 Å². The number of benzene rings is 1. The largest absolute Gasteiger partial charge is 0.337 e. The Bertz CT molecular complexity index is 1260. The van der Waals surface area contributed by atoms with Crippen LogP contribution in [-0.4, -0.2) is 63.4 Å². The third-order valence-corrected chi connectivity index (χ3v) is 5.54. The van der Waals surface area contributed by atoms with Crippen molar-refractivity contribution in [3.63, 3.8) is 0 Å². The number of aromatic nitrogens is 8. The van der Waals surface area contributed by atoms with Crippen molar-refractivity contribution < 1.29 is 4.79 Å². The van der Waals surface area contributed by atoms with Gasteiger partial charge in [-0.05, 0) is 37.0 Å². The Kier molecular flexibility index (Phi) is 5.28. The van der Waals surface area contributed by atoms with E-state index in [2.05, 4.69) is 25.4 Å². The number of carbonyl (C=O) groups is 1. The highest BCUT2D eigenvalue weighted by Gasteiger charge is 2.26. The highest BCUT2D eigenvalue weighted by Crippen LogP contribution is 2.20. The van der Waals surface area contributed by atoms with Gasteiger partial charge >= 0.3 is 0 Å². The summed E-state index contributed by atoms with van der Waals surface area (Å²) >= 11 is 0. The molecule has 5 rings (SSSR count).